The summed E-state index contributed by atoms with van der Waals surface area (Å²) >= 11 is 12.5. The summed E-state index contributed by atoms with van der Waals surface area (Å²) in [5, 5.41) is 11.9. The average molecular weight is 453 g/mol. The van der Waals surface area contributed by atoms with Gasteiger partial charge in [0.05, 0.1) is 0 Å². The van der Waals surface area contributed by atoms with Crippen molar-refractivity contribution >= 4 is 41.0 Å². The SMILES string of the molecule is O=C(c1ccncc1)n1nc(NCc2ccccc2Cl)nc1NCc1ccccc1Cl. The van der Waals surface area contributed by atoms with Gasteiger partial charge in [0.25, 0.3) is 5.91 Å². The summed E-state index contributed by atoms with van der Waals surface area (Å²) in [7, 11) is 0. The molecule has 0 spiro atoms. The molecule has 156 valence electrons. The minimum atomic E-state index is -0.331. The summed E-state index contributed by atoms with van der Waals surface area (Å²) in [4.78, 5) is 21.4. The van der Waals surface area contributed by atoms with Crippen molar-refractivity contribution in [1.29, 1.82) is 0 Å². The van der Waals surface area contributed by atoms with Crippen LogP contribution in [0.1, 0.15) is 21.5 Å². The highest BCUT2D eigenvalue weighted by molar-refractivity contribution is 6.31. The maximum Gasteiger partial charge on any atom is 0.281 e. The quantitative estimate of drug-likeness (QED) is 0.415. The molecule has 0 radical (unpaired) electrons. The fourth-order valence-corrected chi connectivity index (χ4v) is 3.30. The topological polar surface area (TPSA) is 84.7 Å². The van der Waals surface area contributed by atoms with Gasteiger partial charge < -0.3 is 10.6 Å². The predicted molar refractivity (Wildman–Crippen MR) is 122 cm³/mol. The van der Waals surface area contributed by atoms with Crippen molar-refractivity contribution in [2.75, 3.05) is 10.6 Å². The zero-order chi connectivity index (χ0) is 21.6. The number of anilines is 2. The molecule has 0 saturated heterocycles. The maximum atomic E-state index is 13.0. The molecule has 0 aliphatic rings. The Kier molecular flexibility index (Phi) is 6.45. The molecule has 4 rings (SSSR count). The number of hydrogen-bond acceptors (Lipinski definition) is 6. The first-order valence-corrected chi connectivity index (χ1v) is 10.2. The van der Waals surface area contributed by atoms with E-state index in [0.717, 1.165) is 11.1 Å². The van der Waals surface area contributed by atoms with Crippen molar-refractivity contribution in [1.82, 2.24) is 19.7 Å². The minimum absolute atomic E-state index is 0.295. The van der Waals surface area contributed by atoms with Crippen LogP contribution >= 0.6 is 23.2 Å². The smallest absolute Gasteiger partial charge is 0.281 e. The minimum Gasteiger partial charge on any atom is -0.350 e. The molecule has 2 N–H and O–H groups in total. The molecule has 0 aliphatic carbocycles. The van der Waals surface area contributed by atoms with E-state index in [2.05, 4.69) is 25.7 Å². The highest BCUT2D eigenvalue weighted by Gasteiger charge is 2.18. The van der Waals surface area contributed by atoms with Crippen LogP contribution in [-0.4, -0.2) is 25.7 Å². The van der Waals surface area contributed by atoms with Gasteiger partial charge in [0.15, 0.2) is 0 Å². The summed E-state index contributed by atoms with van der Waals surface area (Å²) in [5.74, 6) is 0.259. The monoisotopic (exact) mass is 452 g/mol. The average Bonchev–Trinajstić information content (AvgIpc) is 3.21. The first-order valence-electron chi connectivity index (χ1n) is 9.48. The third-order valence-corrected chi connectivity index (χ3v) is 5.25. The van der Waals surface area contributed by atoms with Crippen LogP contribution in [0.4, 0.5) is 11.9 Å². The molecule has 0 saturated carbocycles. The molecule has 0 aliphatic heterocycles. The van der Waals surface area contributed by atoms with Gasteiger partial charge in [-0.1, -0.05) is 59.6 Å². The van der Waals surface area contributed by atoms with E-state index in [-0.39, 0.29) is 5.91 Å². The van der Waals surface area contributed by atoms with Crippen LogP contribution in [0.25, 0.3) is 0 Å². The molecule has 2 aromatic heterocycles. The molecule has 0 amide bonds. The fraction of sp³-hybridized carbons (Fsp3) is 0.0909. The van der Waals surface area contributed by atoms with E-state index in [1.165, 1.54) is 4.68 Å². The summed E-state index contributed by atoms with van der Waals surface area (Å²) in [6.07, 6.45) is 3.11. The zero-order valence-corrected chi connectivity index (χ0v) is 17.8. The van der Waals surface area contributed by atoms with Crippen molar-refractivity contribution in [3.63, 3.8) is 0 Å². The van der Waals surface area contributed by atoms with E-state index < -0.39 is 0 Å². The Morgan fingerprint density at radius 3 is 2.03 bits per heavy atom. The van der Waals surface area contributed by atoms with Gasteiger partial charge in [-0.2, -0.15) is 9.67 Å². The van der Waals surface area contributed by atoms with Crippen LogP contribution in [0.2, 0.25) is 10.0 Å². The number of nitrogens with one attached hydrogen (secondary N) is 2. The Hall–Kier alpha value is -3.42. The molecule has 2 aromatic carbocycles. The van der Waals surface area contributed by atoms with Crippen molar-refractivity contribution in [3.05, 3.63) is 99.8 Å². The molecule has 31 heavy (non-hydrogen) atoms. The number of rotatable bonds is 7. The number of halogens is 2. The van der Waals surface area contributed by atoms with E-state index in [1.54, 1.807) is 24.5 Å². The number of carbonyl (C=O) groups excluding carboxylic acids is 1. The highest BCUT2D eigenvalue weighted by Crippen LogP contribution is 2.19. The van der Waals surface area contributed by atoms with Gasteiger partial charge >= 0.3 is 0 Å². The Bertz CT molecular complexity index is 1200. The van der Waals surface area contributed by atoms with Gasteiger partial charge in [-0.05, 0) is 35.4 Å². The first kappa shape index (κ1) is 20.8. The number of nitrogens with zero attached hydrogens (tertiary/aromatic N) is 4. The van der Waals surface area contributed by atoms with Gasteiger partial charge in [0, 0.05) is 41.1 Å². The van der Waals surface area contributed by atoms with Crippen LogP contribution in [-0.2, 0) is 13.1 Å². The molecule has 4 aromatic rings. The summed E-state index contributed by atoms with van der Waals surface area (Å²) < 4.78 is 1.22. The number of hydrogen-bond donors (Lipinski definition) is 2. The van der Waals surface area contributed by atoms with Gasteiger partial charge in [0.2, 0.25) is 11.9 Å². The van der Waals surface area contributed by atoms with Gasteiger partial charge in [-0.3, -0.25) is 9.78 Å². The van der Waals surface area contributed by atoms with Crippen molar-refractivity contribution < 1.29 is 4.79 Å². The number of carbonyl (C=O) groups is 1. The van der Waals surface area contributed by atoms with Crippen molar-refractivity contribution in [3.8, 4) is 0 Å². The maximum absolute atomic E-state index is 13.0. The van der Waals surface area contributed by atoms with Crippen LogP contribution in [0, 0.1) is 0 Å². The molecule has 0 bridgehead atoms. The van der Waals surface area contributed by atoms with E-state index in [9.17, 15) is 4.79 Å². The molecule has 0 unspecified atom stereocenters. The molecule has 2 heterocycles. The van der Waals surface area contributed by atoms with E-state index in [0.29, 0.717) is 40.6 Å². The third kappa shape index (κ3) is 5.02. The molecule has 7 nitrogen and oxygen atoms in total. The second-order valence-electron chi connectivity index (χ2n) is 6.60. The van der Waals surface area contributed by atoms with Crippen LogP contribution in [0.5, 0.6) is 0 Å². The number of benzene rings is 2. The number of pyridine rings is 1. The van der Waals surface area contributed by atoms with Gasteiger partial charge in [0.1, 0.15) is 0 Å². The highest BCUT2D eigenvalue weighted by atomic mass is 35.5. The Balaban J connectivity index is 1.59. The molecule has 9 heteroatoms. The second-order valence-corrected chi connectivity index (χ2v) is 7.42. The van der Waals surface area contributed by atoms with Crippen LogP contribution < -0.4 is 10.6 Å². The largest absolute Gasteiger partial charge is 0.350 e. The van der Waals surface area contributed by atoms with E-state index in [4.69, 9.17) is 23.2 Å². The number of aromatic nitrogens is 4. The van der Waals surface area contributed by atoms with Gasteiger partial charge in [-0.15, -0.1) is 5.10 Å². The third-order valence-electron chi connectivity index (χ3n) is 4.52. The molecular weight excluding hydrogens is 435 g/mol. The van der Waals surface area contributed by atoms with Crippen LogP contribution in [0.3, 0.4) is 0 Å². The summed E-state index contributed by atoms with van der Waals surface area (Å²) in [6, 6.07) is 18.2. The van der Waals surface area contributed by atoms with Gasteiger partial charge in [-0.25, -0.2) is 0 Å². The Morgan fingerprint density at radius 2 is 1.42 bits per heavy atom. The van der Waals surface area contributed by atoms with E-state index in [1.807, 2.05) is 48.5 Å². The first-order chi connectivity index (χ1) is 15.1. The second kappa shape index (κ2) is 9.59. The lowest BCUT2D eigenvalue weighted by Gasteiger charge is -2.08. The Morgan fingerprint density at radius 1 is 0.839 bits per heavy atom. The zero-order valence-electron chi connectivity index (χ0n) is 16.3. The molecule has 0 fully saturated rings. The lowest BCUT2D eigenvalue weighted by Crippen LogP contribution is -2.17. The fourth-order valence-electron chi connectivity index (χ4n) is 2.89. The Labute approximate surface area is 189 Å². The normalized spacial score (nSPS) is 10.6. The standard InChI is InChI=1S/C22H18Cl2N6O/c23-18-7-3-1-5-16(18)13-26-21-28-22(27-14-17-6-2-4-8-19(17)24)30(29-21)20(31)15-9-11-25-12-10-15/h1-12H,13-14H2,(H2,26,27,28,29). The predicted octanol–water partition coefficient (Wildman–Crippen LogP) is 4.89. The summed E-state index contributed by atoms with van der Waals surface area (Å²) in [5.41, 5.74) is 2.21. The van der Waals surface area contributed by atoms with E-state index >= 15 is 0 Å². The molecular formula is C22H18Cl2N6O. The lowest BCUT2D eigenvalue weighted by atomic mass is 10.2. The van der Waals surface area contributed by atoms with Crippen molar-refractivity contribution in [2.24, 2.45) is 0 Å². The van der Waals surface area contributed by atoms with Crippen molar-refractivity contribution in [2.45, 2.75) is 13.1 Å². The molecule has 0 atom stereocenters. The van der Waals surface area contributed by atoms with Crippen LogP contribution in [0.15, 0.2) is 73.1 Å². The summed E-state index contributed by atoms with van der Waals surface area (Å²) in [6.45, 7) is 0.795. The lowest BCUT2D eigenvalue weighted by molar-refractivity contribution is 0.0947.